The molecule has 0 fully saturated rings. The molecular formula is C9H6O3. The standard InChI is InChI=1S/C9H6O3/c10-6-7-3-4-9(12-7)8-2-1-5-11-8/h1-6H. The van der Waals surface area contributed by atoms with Gasteiger partial charge in [0.2, 0.25) is 0 Å². The lowest BCUT2D eigenvalue weighted by Crippen LogP contribution is -1.68. The summed E-state index contributed by atoms with van der Waals surface area (Å²) in [5.74, 6) is 1.51. The number of furan rings is 2. The molecule has 2 rings (SSSR count). The van der Waals surface area contributed by atoms with Gasteiger partial charge in [-0.15, -0.1) is 0 Å². The highest BCUT2D eigenvalue weighted by Crippen LogP contribution is 2.21. The SMILES string of the molecule is O=Cc1ccc(-c2ccco2)o1. The first kappa shape index (κ1) is 6.91. The molecule has 0 radical (unpaired) electrons. The van der Waals surface area contributed by atoms with Crippen molar-refractivity contribution >= 4 is 6.29 Å². The maximum Gasteiger partial charge on any atom is 0.185 e. The van der Waals surface area contributed by atoms with Gasteiger partial charge in [0.15, 0.2) is 23.6 Å². The molecule has 0 amide bonds. The Labute approximate surface area is 68.6 Å². The molecule has 0 unspecified atom stereocenters. The fourth-order valence-electron chi connectivity index (χ4n) is 0.967. The first-order chi connectivity index (χ1) is 5.90. The fraction of sp³-hybridized carbons (Fsp3) is 0. The molecule has 0 saturated carbocycles. The predicted octanol–water partition coefficient (Wildman–Crippen LogP) is 2.35. The van der Waals surface area contributed by atoms with Gasteiger partial charge in [0.1, 0.15) is 0 Å². The maximum absolute atomic E-state index is 10.3. The summed E-state index contributed by atoms with van der Waals surface area (Å²) in [5.41, 5.74) is 0. The first-order valence-electron chi connectivity index (χ1n) is 3.49. The van der Waals surface area contributed by atoms with E-state index in [-0.39, 0.29) is 0 Å². The lowest BCUT2D eigenvalue weighted by molar-refractivity contribution is 0.110. The quantitative estimate of drug-likeness (QED) is 0.636. The van der Waals surface area contributed by atoms with E-state index in [1.807, 2.05) is 0 Å². The van der Waals surface area contributed by atoms with E-state index < -0.39 is 0 Å². The molecule has 0 bridgehead atoms. The average Bonchev–Trinajstić information content (AvgIpc) is 2.75. The van der Waals surface area contributed by atoms with Crippen molar-refractivity contribution in [3.05, 3.63) is 36.3 Å². The molecule has 12 heavy (non-hydrogen) atoms. The van der Waals surface area contributed by atoms with Gasteiger partial charge in [0.25, 0.3) is 0 Å². The summed E-state index contributed by atoms with van der Waals surface area (Å²) in [5, 5.41) is 0. The van der Waals surface area contributed by atoms with Crippen LogP contribution in [0.3, 0.4) is 0 Å². The van der Waals surface area contributed by atoms with Crippen molar-refractivity contribution in [2.75, 3.05) is 0 Å². The van der Waals surface area contributed by atoms with Crippen LogP contribution in [-0.2, 0) is 0 Å². The van der Waals surface area contributed by atoms with Crippen molar-refractivity contribution in [3.8, 4) is 11.5 Å². The molecule has 0 aliphatic heterocycles. The fourth-order valence-corrected chi connectivity index (χ4v) is 0.967. The van der Waals surface area contributed by atoms with E-state index in [0.717, 1.165) is 0 Å². The molecular weight excluding hydrogens is 156 g/mol. The van der Waals surface area contributed by atoms with Crippen LogP contribution in [0.15, 0.2) is 39.4 Å². The number of carbonyl (C=O) groups excluding carboxylic acids is 1. The monoisotopic (exact) mass is 162 g/mol. The third-order valence-corrected chi connectivity index (χ3v) is 1.51. The molecule has 2 aromatic rings. The molecule has 0 saturated heterocycles. The van der Waals surface area contributed by atoms with Gasteiger partial charge in [-0.05, 0) is 24.3 Å². The highest BCUT2D eigenvalue weighted by Gasteiger charge is 2.05. The number of hydrogen-bond acceptors (Lipinski definition) is 3. The van der Waals surface area contributed by atoms with Crippen LogP contribution in [0.25, 0.3) is 11.5 Å². The number of carbonyl (C=O) groups is 1. The van der Waals surface area contributed by atoms with E-state index in [4.69, 9.17) is 8.83 Å². The van der Waals surface area contributed by atoms with E-state index in [0.29, 0.717) is 23.6 Å². The molecule has 0 N–H and O–H groups in total. The van der Waals surface area contributed by atoms with Crippen molar-refractivity contribution < 1.29 is 13.6 Å². The van der Waals surface area contributed by atoms with Gasteiger partial charge < -0.3 is 8.83 Å². The lowest BCUT2D eigenvalue weighted by Gasteiger charge is -1.86. The average molecular weight is 162 g/mol. The Bertz CT molecular complexity index is 370. The van der Waals surface area contributed by atoms with E-state index in [1.165, 1.54) is 0 Å². The Hall–Kier alpha value is -1.77. The summed E-state index contributed by atoms with van der Waals surface area (Å²) >= 11 is 0. The predicted molar refractivity (Wildman–Crippen MR) is 41.8 cm³/mol. The van der Waals surface area contributed by atoms with Gasteiger partial charge in [0, 0.05) is 0 Å². The molecule has 0 aliphatic carbocycles. The Balaban J connectivity index is 2.41. The van der Waals surface area contributed by atoms with Crippen molar-refractivity contribution in [2.24, 2.45) is 0 Å². The summed E-state index contributed by atoms with van der Waals surface area (Å²) in [7, 11) is 0. The molecule has 0 aliphatic rings. The molecule has 0 aromatic carbocycles. The van der Waals surface area contributed by atoms with Crippen LogP contribution in [0.4, 0.5) is 0 Å². The maximum atomic E-state index is 10.3. The van der Waals surface area contributed by atoms with E-state index >= 15 is 0 Å². The summed E-state index contributed by atoms with van der Waals surface area (Å²) in [6, 6.07) is 6.83. The van der Waals surface area contributed by atoms with E-state index in [1.54, 1.807) is 30.5 Å². The topological polar surface area (TPSA) is 43.4 Å². The van der Waals surface area contributed by atoms with Crippen LogP contribution in [0, 0.1) is 0 Å². The van der Waals surface area contributed by atoms with Crippen molar-refractivity contribution in [3.63, 3.8) is 0 Å². The van der Waals surface area contributed by atoms with Gasteiger partial charge in [-0.25, -0.2) is 0 Å². The Morgan fingerprint density at radius 1 is 1.17 bits per heavy atom. The largest absolute Gasteiger partial charge is 0.461 e. The number of hydrogen-bond donors (Lipinski definition) is 0. The van der Waals surface area contributed by atoms with Crippen LogP contribution < -0.4 is 0 Å². The second-order valence-electron chi connectivity index (χ2n) is 2.30. The summed E-state index contributed by atoms with van der Waals surface area (Å²) in [4.78, 5) is 10.3. The van der Waals surface area contributed by atoms with Crippen molar-refractivity contribution in [1.29, 1.82) is 0 Å². The zero-order chi connectivity index (χ0) is 8.39. The summed E-state index contributed by atoms with van der Waals surface area (Å²) < 4.78 is 10.2. The second kappa shape index (κ2) is 2.70. The minimum atomic E-state index is 0.307. The smallest absolute Gasteiger partial charge is 0.185 e. The normalized spacial score (nSPS) is 10.0. The van der Waals surface area contributed by atoms with Crippen LogP contribution in [0.2, 0.25) is 0 Å². The third-order valence-electron chi connectivity index (χ3n) is 1.51. The number of aldehydes is 1. The highest BCUT2D eigenvalue weighted by molar-refractivity contribution is 5.72. The first-order valence-corrected chi connectivity index (χ1v) is 3.49. The van der Waals surface area contributed by atoms with Gasteiger partial charge in [0.05, 0.1) is 6.26 Å². The van der Waals surface area contributed by atoms with Gasteiger partial charge in [-0.1, -0.05) is 0 Å². The van der Waals surface area contributed by atoms with Crippen LogP contribution >= 0.6 is 0 Å². The number of rotatable bonds is 2. The van der Waals surface area contributed by atoms with Gasteiger partial charge in [-0.3, -0.25) is 4.79 Å². The third kappa shape index (κ3) is 1.05. The molecule has 2 aromatic heterocycles. The van der Waals surface area contributed by atoms with Crippen molar-refractivity contribution in [2.45, 2.75) is 0 Å². The summed E-state index contributed by atoms with van der Waals surface area (Å²) in [6.45, 7) is 0. The van der Waals surface area contributed by atoms with E-state index in [9.17, 15) is 4.79 Å². The Morgan fingerprint density at radius 3 is 2.67 bits per heavy atom. The van der Waals surface area contributed by atoms with Gasteiger partial charge >= 0.3 is 0 Å². The highest BCUT2D eigenvalue weighted by atomic mass is 16.4. The minimum Gasteiger partial charge on any atom is -0.461 e. The molecule has 0 atom stereocenters. The Kier molecular flexibility index (Phi) is 1.55. The summed E-state index contributed by atoms with van der Waals surface area (Å²) in [6.07, 6.45) is 2.21. The molecule has 3 heteroatoms. The minimum absolute atomic E-state index is 0.307. The van der Waals surface area contributed by atoms with Gasteiger partial charge in [-0.2, -0.15) is 0 Å². The van der Waals surface area contributed by atoms with Crippen LogP contribution in [0.5, 0.6) is 0 Å². The molecule has 60 valence electrons. The zero-order valence-electron chi connectivity index (χ0n) is 6.19. The Morgan fingerprint density at radius 2 is 2.08 bits per heavy atom. The second-order valence-corrected chi connectivity index (χ2v) is 2.30. The molecule has 3 nitrogen and oxygen atoms in total. The van der Waals surface area contributed by atoms with Crippen LogP contribution in [-0.4, -0.2) is 6.29 Å². The van der Waals surface area contributed by atoms with Crippen LogP contribution in [0.1, 0.15) is 10.6 Å². The zero-order valence-corrected chi connectivity index (χ0v) is 6.19. The lowest BCUT2D eigenvalue weighted by atomic mass is 10.3. The van der Waals surface area contributed by atoms with E-state index in [2.05, 4.69) is 0 Å². The molecule has 2 heterocycles. The molecule has 0 spiro atoms. The van der Waals surface area contributed by atoms with Crippen molar-refractivity contribution in [1.82, 2.24) is 0 Å².